The predicted molar refractivity (Wildman–Crippen MR) is 279 cm³/mol. The molecule has 18 radical (unpaired) electrons. The molecule has 11 aromatic rings. The molecule has 2 aromatic heterocycles. The Balaban J connectivity index is 1.18. The number of rotatable bonds is 6. The molecule has 11 rings (SSSR count). The van der Waals surface area contributed by atoms with E-state index in [1.165, 1.54) is 20.2 Å². The highest BCUT2D eigenvalue weighted by Crippen LogP contribution is 2.49. The molecule has 3 nitrogen and oxygen atoms in total. The summed E-state index contributed by atoms with van der Waals surface area (Å²) in [6.45, 7) is 0. The quantitative estimate of drug-likeness (QED) is 0.183. The van der Waals surface area contributed by atoms with Crippen LogP contribution in [-0.4, -0.2) is 90.7 Å². The van der Waals surface area contributed by atoms with Crippen LogP contribution in [0.2, 0.25) is 0 Å². The summed E-state index contributed by atoms with van der Waals surface area (Å²) in [5.41, 5.74) is 8.65. The Morgan fingerprint density at radius 2 is 1.06 bits per heavy atom. The van der Waals surface area contributed by atoms with Crippen LogP contribution in [0.3, 0.4) is 0 Å². The molecule has 0 bridgehead atoms. The minimum absolute atomic E-state index is 0.105. The lowest BCUT2D eigenvalue weighted by Crippen LogP contribution is -2.55. The first-order chi connectivity index (χ1) is 30.7. The van der Waals surface area contributed by atoms with E-state index < -0.39 is 10.6 Å². The van der Waals surface area contributed by atoms with Crippen molar-refractivity contribution in [2.24, 2.45) is 0 Å². The maximum absolute atomic E-state index is 10.7. The summed E-state index contributed by atoms with van der Waals surface area (Å²) in [5.74, 6) is 0.105. The van der Waals surface area contributed by atoms with E-state index in [-0.39, 0.29) is 33.1 Å². The lowest BCUT2D eigenvalue weighted by molar-refractivity contribution is 0.189. The minimum Gasteiger partial charge on any atom is -0.410 e. The molecule has 0 aliphatic heterocycles. The van der Waals surface area contributed by atoms with Crippen LogP contribution in [0.15, 0.2) is 146 Å². The number of fused-ring (bicyclic) bond motifs is 7. The smallest absolute Gasteiger partial charge is 0.113 e. The zero-order valence-electron chi connectivity index (χ0n) is 34.3. The summed E-state index contributed by atoms with van der Waals surface area (Å²) in [6, 6.07) is 49.8. The molecule has 278 valence electrons. The third-order valence-corrected chi connectivity index (χ3v) is 13.8. The van der Waals surface area contributed by atoms with Gasteiger partial charge in [0.2, 0.25) is 0 Å². The molecule has 0 atom stereocenters. The largest absolute Gasteiger partial charge is 0.410 e. The van der Waals surface area contributed by atoms with Crippen molar-refractivity contribution in [1.82, 2.24) is 9.55 Å². The van der Waals surface area contributed by atoms with Crippen LogP contribution >= 0.6 is 11.3 Å². The highest BCUT2D eigenvalue weighted by molar-refractivity contribution is 7.26. The standard InChI is InChI=1S/C51H25B9N2OS/c52-44-41(45(53)47(55)48(56)46(44)54)28-19-21-32-35(24-28)42(34-11-7-15-39-43(34)33-10-3-6-14-38(33)64-39)31-9-2-1-8-30(31)40(32)27-17-16-26-23-29(20-18-25(26)22-27)62-37-13-5-4-12-36(37)61-49(62)50(57,58)51(59,60)63/h1-24,63H. The van der Waals surface area contributed by atoms with E-state index >= 15 is 0 Å². The summed E-state index contributed by atoms with van der Waals surface area (Å²) in [4.78, 5) is 4.69. The van der Waals surface area contributed by atoms with Crippen molar-refractivity contribution < 1.29 is 5.11 Å². The molecule has 0 aliphatic carbocycles. The summed E-state index contributed by atoms with van der Waals surface area (Å²) >= 11 is 1.78. The Labute approximate surface area is 386 Å². The maximum Gasteiger partial charge on any atom is 0.113 e. The van der Waals surface area contributed by atoms with E-state index in [1.54, 1.807) is 15.9 Å². The summed E-state index contributed by atoms with van der Waals surface area (Å²) in [7, 11) is 57.2. The van der Waals surface area contributed by atoms with Crippen LogP contribution in [0.25, 0.3) is 103 Å². The minimum atomic E-state index is -2.47. The fourth-order valence-corrected chi connectivity index (χ4v) is 10.5. The van der Waals surface area contributed by atoms with Crippen LogP contribution in [-0.2, 0) is 5.21 Å². The van der Waals surface area contributed by atoms with Gasteiger partial charge in [0.1, 0.15) is 45.1 Å². The third kappa shape index (κ3) is 6.07. The van der Waals surface area contributed by atoms with E-state index in [4.69, 9.17) is 70.6 Å². The molecule has 0 fully saturated rings. The van der Waals surface area contributed by atoms with Crippen molar-refractivity contribution in [3.05, 3.63) is 151 Å². The number of para-hydroxylation sites is 2. The molecule has 0 amide bonds. The molecule has 0 unspecified atom stereocenters. The summed E-state index contributed by atoms with van der Waals surface area (Å²) in [6.07, 6.45) is 0. The van der Waals surface area contributed by atoms with Gasteiger partial charge in [0.15, 0.2) is 0 Å². The Morgan fingerprint density at radius 3 is 1.81 bits per heavy atom. The molecule has 9 aromatic carbocycles. The lowest BCUT2D eigenvalue weighted by atomic mass is 9.35. The van der Waals surface area contributed by atoms with Gasteiger partial charge in [-0.15, -0.1) is 27.7 Å². The molecule has 0 saturated carbocycles. The average molecular weight is 811 g/mol. The van der Waals surface area contributed by atoms with Crippen molar-refractivity contribution >= 4 is 173 Å². The molecular weight excluding hydrogens is 786 g/mol. The molecular formula is C51H25B9N2OS. The van der Waals surface area contributed by atoms with Crippen molar-refractivity contribution in [3.8, 4) is 39.1 Å². The van der Waals surface area contributed by atoms with Gasteiger partial charge in [-0.05, 0) is 125 Å². The molecule has 1 N–H and O–H groups in total. The van der Waals surface area contributed by atoms with Gasteiger partial charge in [-0.1, -0.05) is 108 Å². The Hall–Kier alpha value is -6.01. The second-order valence-electron chi connectivity index (χ2n) is 16.5. The van der Waals surface area contributed by atoms with E-state index in [2.05, 4.69) is 102 Å². The molecule has 0 aliphatic rings. The molecule has 13 heteroatoms. The van der Waals surface area contributed by atoms with Gasteiger partial charge >= 0.3 is 0 Å². The van der Waals surface area contributed by atoms with Gasteiger partial charge in [-0.25, -0.2) is 4.98 Å². The average Bonchev–Trinajstić information content (AvgIpc) is 3.89. The monoisotopic (exact) mass is 812 g/mol. The first-order valence-corrected chi connectivity index (χ1v) is 21.4. The van der Waals surface area contributed by atoms with Crippen LogP contribution in [0.5, 0.6) is 0 Å². The van der Waals surface area contributed by atoms with Crippen LogP contribution in [0.1, 0.15) is 5.82 Å². The second-order valence-corrected chi connectivity index (χ2v) is 17.6. The number of hydrogen-bond acceptors (Lipinski definition) is 3. The molecule has 2 heterocycles. The van der Waals surface area contributed by atoms with Gasteiger partial charge in [0.25, 0.3) is 0 Å². The normalized spacial score (nSPS) is 12.4. The zero-order valence-corrected chi connectivity index (χ0v) is 35.1. The number of nitrogens with zero attached hydrogens (tertiary/aromatic N) is 2. The van der Waals surface area contributed by atoms with E-state index in [0.717, 1.165) is 65.7 Å². The first kappa shape index (κ1) is 40.7. The molecule has 0 spiro atoms. The molecule has 0 saturated heterocycles. The fraction of sp³-hybridized carbons (Fsp3) is 0.0392. The first-order valence-electron chi connectivity index (χ1n) is 20.5. The third-order valence-electron chi connectivity index (χ3n) is 12.6. The highest BCUT2D eigenvalue weighted by atomic mass is 32.1. The van der Waals surface area contributed by atoms with Crippen molar-refractivity contribution in [1.29, 1.82) is 0 Å². The SMILES string of the molecule is [B]c1c([B])c([B])c(-c2ccc3c(-c4ccc5cc(-n6c(C([B])([B])C([B])([B])O)nc7ccccc76)ccc5c4)c4ccccc4c(-c4cccc5sc6ccccc6c45)c3c2)c([B])c1[B]. The Kier molecular flexibility index (Phi) is 9.40. The van der Waals surface area contributed by atoms with E-state index in [9.17, 15) is 5.11 Å². The van der Waals surface area contributed by atoms with E-state index in [0.29, 0.717) is 16.8 Å². The number of aliphatic hydroxyl groups is 1. The van der Waals surface area contributed by atoms with Crippen molar-refractivity contribution in [3.63, 3.8) is 0 Å². The molecule has 64 heavy (non-hydrogen) atoms. The summed E-state index contributed by atoms with van der Waals surface area (Å²) in [5, 5.41) is 14.6. The maximum atomic E-state index is 10.7. The predicted octanol–water partition coefficient (Wildman–Crippen LogP) is 5.30. The number of aromatic nitrogens is 2. The fourth-order valence-electron chi connectivity index (χ4n) is 9.35. The van der Waals surface area contributed by atoms with Crippen molar-refractivity contribution in [2.45, 2.75) is 10.6 Å². The highest BCUT2D eigenvalue weighted by Gasteiger charge is 2.39. The number of imidazole rings is 1. The van der Waals surface area contributed by atoms with Crippen LogP contribution in [0, 0.1) is 0 Å². The number of hydrogen-bond donors (Lipinski definition) is 1. The van der Waals surface area contributed by atoms with E-state index in [1.807, 2.05) is 48.5 Å². The number of benzene rings is 9. The Bertz CT molecular complexity index is 3750. The second kappa shape index (κ2) is 14.8. The topological polar surface area (TPSA) is 38.0 Å². The zero-order chi connectivity index (χ0) is 44.4. The van der Waals surface area contributed by atoms with Gasteiger partial charge in [0, 0.05) is 25.9 Å². The van der Waals surface area contributed by atoms with Gasteiger partial charge < -0.3 is 5.11 Å². The Morgan fingerprint density at radius 1 is 0.484 bits per heavy atom. The summed E-state index contributed by atoms with van der Waals surface area (Å²) < 4.78 is 4.19. The van der Waals surface area contributed by atoms with Crippen molar-refractivity contribution in [2.75, 3.05) is 0 Å². The lowest BCUT2D eigenvalue weighted by Gasteiger charge is -2.39. The van der Waals surface area contributed by atoms with Gasteiger partial charge in [0.05, 0.1) is 42.4 Å². The van der Waals surface area contributed by atoms with Crippen LogP contribution in [0.4, 0.5) is 0 Å². The van der Waals surface area contributed by atoms with Gasteiger partial charge in [-0.2, -0.15) is 0 Å². The number of thiophene rings is 1. The van der Waals surface area contributed by atoms with Gasteiger partial charge in [-0.3, -0.25) is 4.57 Å². The van der Waals surface area contributed by atoms with Crippen LogP contribution < -0.4 is 27.3 Å².